The number of hydrogen-bond acceptors (Lipinski definition) is 7. The summed E-state index contributed by atoms with van der Waals surface area (Å²) >= 11 is 1.21. The molecule has 0 fully saturated rings. The zero-order valence-electron chi connectivity index (χ0n) is 22.6. The van der Waals surface area contributed by atoms with Crippen molar-refractivity contribution in [2.45, 2.75) is 31.1 Å². The van der Waals surface area contributed by atoms with E-state index in [0.717, 1.165) is 23.5 Å². The van der Waals surface area contributed by atoms with Crippen molar-refractivity contribution in [3.05, 3.63) is 95.0 Å². The number of ether oxygens (including phenoxy) is 2. The summed E-state index contributed by atoms with van der Waals surface area (Å²) in [5.74, 6) is -0.206. The number of carbonyl (C=O) groups is 3. The number of anilines is 2. The second-order valence-electron chi connectivity index (χ2n) is 9.11. The first kappa shape index (κ1) is 28.9. The molecule has 208 valence electrons. The van der Waals surface area contributed by atoms with E-state index in [4.69, 9.17) is 9.47 Å². The standard InChI is InChI=1S/C31H33N3O5S/c1-3-4-21-39-25-15-11-22(12-16-25)29(35)33-24-13-17-26(18-14-24)40-28-27(32-23-9-6-5-7-10-23)30(36)34(31(28)37)19-8-20-38-2/h5-7,9-18,32H,3-4,8,19-21H2,1-2H3,(H,33,35). The van der Waals surface area contributed by atoms with E-state index in [0.29, 0.717) is 41.5 Å². The van der Waals surface area contributed by atoms with Gasteiger partial charge >= 0.3 is 0 Å². The number of amides is 3. The highest BCUT2D eigenvalue weighted by molar-refractivity contribution is 8.04. The minimum atomic E-state index is -0.363. The molecule has 2 N–H and O–H groups in total. The number of nitrogens with one attached hydrogen (secondary N) is 2. The Balaban J connectivity index is 1.44. The number of para-hydroxylation sites is 1. The molecule has 0 unspecified atom stereocenters. The molecule has 0 bridgehead atoms. The summed E-state index contributed by atoms with van der Waals surface area (Å²) in [4.78, 5) is 41.5. The highest BCUT2D eigenvalue weighted by Gasteiger charge is 2.38. The van der Waals surface area contributed by atoms with Gasteiger partial charge < -0.3 is 20.1 Å². The second kappa shape index (κ2) is 14.3. The van der Waals surface area contributed by atoms with Gasteiger partial charge in [0.15, 0.2) is 0 Å². The van der Waals surface area contributed by atoms with Gasteiger partial charge in [0, 0.05) is 42.1 Å². The molecular formula is C31H33N3O5S. The molecule has 3 aromatic carbocycles. The average molecular weight is 560 g/mol. The quantitative estimate of drug-likeness (QED) is 0.186. The number of thioether (sulfide) groups is 1. The van der Waals surface area contributed by atoms with Crippen LogP contribution in [0.25, 0.3) is 0 Å². The van der Waals surface area contributed by atoms with Crippen LogP contribution in [0.3, 0.4) is 0 Å². The Morgan fingerprint density at radius 2 is 1.57 bits per heavy atom. The maximum atomic E-state index is 13.3. The normalized spacial score (nSPS) is 13.1. The van der Waals surface area contributed by atoms with Gasteiger partial charge in [-0.3, -0.25) is 19.3 Å². The molecule has 0 aliphatic carbocycles. The summed E-state index contributed by atoms with van der Waals surface area (Å²) in [7, 11) is 1.59. The third kappa shape index (κ3) is 7.52. The molecule has 40 heavy (non-hydrogen) atoms. The Labute approximate surface area is 238 Å². The van der Waals surface area contributed by atoms with Crippen molar-refractivity contribution >= 4 is 40.9 Å². The van der Waals surface area contributed by atoms with Crippen molar-refractivity contribution in [3.8, 4) is 5.75 Å². The van der Waals surface area contributed by atoms with E-state index in [1.807, 2.05) is 42.5 Å². The fraction of sp³-hybridized carbons (Fsp3) is 0.258. The predicted molar refractivity (Wildman–Crippen MR) is 157 cm³/mol. The molecule has 1 aliphatic rings. The number of unbranched alkanes of at least 4 members (excludes halogenated alkanes) is 1. The molecule has 0 atom stereocenters. The van der Waals surface area contributed by atoms with E-state index in [2.05, 4.69) is 17.6 Å². The monoisotopic (exact) mass is 559 g/mol. The first-order chi connectivity index (χ1) is 19.5. The van der Waals surface area contributed by atoms with Gasteiger partial charge in [0.2, 0.25) is 0 Å². The maximum absolute atomic E-state index is 13.3. The van der Waals surface area contributed by atoms with Crippen molar-refractivity contribution in [2.24, 2.45) is 0 Å². The fourth-order valence-corrected chi connectivity index (χ4v) is 4.90. The van der Waals surface area contributed by atoms with Crippen molar-refractivity contribution < 1.29 is 23.9 Å². The third-order valence-corrected chi connectivity index (χ3v) is 7.20. The van der Waals surface area contributed by atoms with E-state index in [9.17, 15) is 14.4 Å². The van der Waals surface area contributed by atoms with Gasteiger partial charge in [-0.2, -0.15) is 0 Å². The summed E-state index contributed by atoms with van der Waals surface area (Å²) in [5.41, 5.74) is 2.10. The molecule has 0 saturated heterocycles. The van der Waals surface area contributed by atoms with Crippen LogP contribution in [0.1, 0.15) is 36.5 Å². The molecule has 0 radical (unpaired) electrons. The van der Waals surface area contributed by atoms with E-state index >= 15 is 0 Å². The van der Waals surface area contributed by atoms with Crippen molar-refractivity contribution in [1.29, 1.82) is 0 Å². The van der Waals surface area contributed by atoms with Crippen molar-refractivity contribution in [2.75, 3.05) is 37.5 Å². The molecule has 0 spiro atoms. The molecular weight excluding hydrogens is 526 g/mol. The Hall–Kier alpha value is -4.08. The van der Waals surface area contributed by atoms with E-state index in [1.54, 1.807) is 43.5 Å². The number of methoxy groups -OCH3 is 1. The van der Waals surface area contributed by atoms with Crippen LogP contribution >= 0.6 is 11.8 Å². The average Bonchev–Trinajstić information content (AvgIpc) is 3.19. The van der Waals surface area contributed by atoms with Crippen molar-refractivity contribution in [1.82, 2.24) is 4.90 Å². The topological polar surface area (TPSA) is 97.0 Å². The molecule has 3 aromatic rings. The number of hydrogen-bond donors (Lipinski definition) is 2. The zero-order valence-corrected chi connectivity index (χ0v) is 23.5. The molecule has 4 rings (SSSR count). The van der Waals surface area contributed by atoms with Crippen LogP contribution in [0.15, 0.2) is 94.4 Å². The zero-order chi connectivity index (χ0) is 28.3. The fourth-order valence-electron chi connectivity index (χ4n) is 3.96. The van der Waals surface area contributed by atoms with Gasteiger partial charge in [-0.05, 0) is 73.5 Å². The van der Waals surface area contributed by atoms with Crippen LogP contribution < -0.4 is 15.4 Å². The van der Waals surface area contributed by atoms with Crippen LogP contribution in [0.2, 0.25) is 0 Å². The highest BCUT2D eigenvalue weighted by atomic mass is 32.2. The first-order valence-corrected chi connectivity index (χ1v) is 14.1. The minimum Gasteiger partial charge on any atom is -0.494 e. The second-order valence-corrected chi connectivity index (χ2v) is 10.2. The number of benzene rings is 3. The Morgan fingerprint density at radius 3 is 2.25 bits per heavy atom. The van der Waals surface area contributed by atoms with Gasteiger partial charge in [0.1, 0.15) is 16.4 Å². The Morgan fingerprint density at radius 1 is 0.850 bits per heavy atom. The number of imide groups is 1. The summed E-state index contributed by atoms with van der Waals surface area (Å²) < 4.78 is 10.7. The lowest BCUT2D eigenvalue weighted by Crippen LogP contribution is -2.33. The summed E-state index contributed by atoms with van der Waals surface area (Å²) in [6.07, 6.45) is 2.59. The van der Waals surface area contributed by atoms with Gasteiger partial charge in [-0.25, -0.2) is 0 Å². The molecule has 0 saturated carbocycles. The molecule has 0 aromatic heterocycles. The maximum Gasteiger partial charge on any atom is 0.278 e. The van der Waals surface area contributed by atoms with Gasteiger partial charge in [0.25, 0.3) is 17.7 Å². The van der Waals surface area contributed by atoms with Crippen LogP contribution in [-0.4, -0.2) is 49.5 Å². The number of carbonyl (C=O) groups excluding carboxylic acids is 3. The highest BCUT2D eigenvalue weighted by Crippen LogP contribution is 2.36. The summed E-state index contributed by atoms with van der Waals surface area (Å²) in [5, 5.41) is 6.02. The van der Waals surface area contributed by atoms with Gasteiger partial charge in [-0.15, -0.1) is 0 Å². The minimum absolute atomic E-state index is 0.235. The van der Waals surface area contributed by atoms with Crippen molar-refractivity contribution in [3.63, 3.8) is 0 Å². The van der Waals surface area contributed by atoms with Gasteiger partial charge in [-0.1, -0.05) is 43.3 Å². The smallest absolute Gasteiger partial charge is 0.278 e. The number of rotatable bonds is 14. The summed E-state index contributed by atoms with van der Waals surface area (Å²) in [6.45, 7) is 3.48. The van der Waals surface area contributed by atoms with E-state index < -0.39 is 0 Å². The molecule has 8 nitrogen and oxygen atoms in total. The predicted octanol–water partition coefficient (Wildman–Crippen LogP) is 5.94. The molecule has 1 aliphatic heterocycles. The first-order valence-electron chi connectivity index (χ1n) is 13.2. The van der Waals surface area contributed by atoms with Gasteiger partial charge in [0.05, 0.1) is 6.61 Å². The Bertz CT molecular complexity index is 1340. The van der Waals surface area contributed by atoms with Crippen LogP contribution in [0.5, 0.6) is 5.75 Å². The molecule has 3 amide bonds. The van der Waals surface area contributed by atoms with Crippen LogP contribution in [0.4, 0.5) is 11.4 Å². The lowest BCUT2D eigenvalue weighted by atomic mass is 10.2. The lowest BCUT2D eigenvalue weighted by molar-refractivity contribution is -0.137. The van der Waals surface area contributed by atoms with E-state index in [-0.39, 0.29) is 30.0 Å². The Kier molecular flexibility index (Phi) is 10.4. The number of nitrogens with zero attached hydrogens (tertiary/aromatic N) is 1. The SMILES string of the molecule is CCCCOc1ccc(C(=O)Nc2ccc(SC3=C(Nc4ccccc4)C(=O)N(CCCOC)C3=O)cc2)cc1. The van der Waals surface area contributed by atoms with Crippen LogP contribution in [0, 0.1) is 0 Å². The summed E-state index contributed by atoms with van der Waals surface area (Å²) in [6, 6.07) is 23.5. The third-order valence-electron chi connectivity index (χ3n) is 6.11. The molecule has 1 heterocycles. The molecule has 9 heteroatoms. The van der Waals surface area contributed by atoms with Crippen LogP contribution in [-0.2, 0) is 14.3 Å². The lowest BCUT2D eigenvalue weighted by Gasteiger charge is -2.14. The van der Waals surface area contributed by atoms with E-state index in [1.165, 1.54) is 16.7 Å². The largest absolute Gasteiger partial charge is 0.494 e.